The second kappa shape index (κ2) is 9.29. The molecule has 2 heterocycles. The number of rotatable bonds is 7. The fourth-order valence-electron chi connectivity index (χ4n) is 2.62. The van der Waals surface area contributed by atoms with E-state index in [1.54, 1.807) is 13.2 Å². The number of thiophene rings is 1. The maximum absolute atomic E-state index is 12.3. The summed E-state index contributed by atoms with van der Waals surface area (Å²) in [6.07, 6.45) is 0. The van der Waals surface area contributed by atoms with Gasteiger partial charge in [-0.3, -0.25) is 9.59 Å². The lowest BCUT2D eigenvalue weighted by Crippen LogP contribution is -2.13. The molecule has 152 valence electrons. The standard InChI is InChI=1S/C21H17N3O3S3/c1-27-14-6-9-16-18(11-14)30-21(23-16)24-19(25)12-29-15-7-4-13(5-8-15)22-20(26)17-3-2-10-28-17/h2-11H,12H2,1H3,(H,22,26)(H,23,24,25). The Morgan fingerprint density at radius 3 is 2.67 bits per heavy atom. The van der Waals surface area contributed by atoms with Crippen molar-refractivity contribution in [1.82, 2.24) is 4.98 Å². The van der Waals surface area contributed by atoms with Gasteiger partial charge in [0.2, 0.25) is 5.91 Å². The number of thioether (sulfide) groups is 1. The molecular formula is C21H17N3O3S3. The largest absolute Gasteiger partial charge is 0.497 e. The summed E-state index contributed by atoms with van der Waals surface area (Å²) in [4.78, 5) is 30.4. The van der Waals surface area contributed by atoms with Crippen LogP contribution in [-0.4, -0.2) is 29.7 Å². The van der Waals surface area contributed by atoms with Gasteiger partial charge in [0.1, 0.15) is 5.75 Å². The zero-order chi connectivity index (χ0) is 20.9. The highest BCUT2D eigenvalue weighted by molar-refractivity contribution is 8.00. The Morgan fingerprint density at radius 2 is 1.93 bits per heavy atom. The molecule has 30 heavy (non-hydrogen) atoms. The van der Waals surface area contributed by atoms with Crippen LogP contribution in [0.1, 0.15) is 9.67 Å². The summed E-state index contributed by atoms with van der Waals surface area (Å²) in [5.74, 6) is 0.772. The minimum absolute atomic E-state index is 0.124. The first-order valence-corrected chi connectivity index (χ1v) is 11.6. The van der Waals surface area contributed by atoms with E-state index in [1.165, 1.54) is 34.4 Å². The Kier molecular flexibility index (Phi) is 6.32. The lowest BCUT2D eigenvalue weighted by atomic mass is 10.3. The van der Waals surface area contributed by atoms with Crippen molar-refractivity contribution in [3.05, 3.63) is 64.9 Å². The zero-order valence-electron chi connectivity index (χ0n) is 15.9. The van der Waals surface area contributed by atoms with Crippen molar-refractivity contribution >= 4 is 67.3 Å². The zero-order valence-corrected chi connectivity index (χ0v) is 18.3. The van der Waals surface area contributed by atoms with E-state index >= 15 is 0 Å². The van der Waals surface area contributed by atoms with Crippen LogP contribution in [0.15, 0.2) is 64.9 Å². The van der Waals surface area contributed by atoms with Gasteiger partial charge < -0.3 is 15.4 Å². The fraction of sp³-hybridized carbons (Fsp3) is 0.0952. The van der Waals surface area contributed by atoms with Gasteiger partial charge in [0.25, 0.3) is 5.91 Å². The van der Waals surface area contributed by atoms with Crippen LogP contribution in [0.25, 0.3) is 10.2 Å². The number of aromatic nitrogens is 1. The van der Waals surface area contributed by atoms with Crippen LogP contribution in [0.4, 0.5) is 10.8 Å². The number of carbonyl (C=O) groups is 2. The molecule has 0 unspecified atom stereocenters. The van der Waals surface area contributed by atoms with E-state index in [0.717, 1.165) is 20.9 Å². The van der Waals surface area contributed by atoms with E-state index in [4.69, 9.17) is 4.74 Å². The molecule has 0 fully saturated rings. The van der Waals surface area contributed by atoms with Gasteiger partial charge in [-0.2, -0.15) is 0 Å². The highest BCUT2D eigenvalue weighted by Crippen LogP contribution is 2.29. The molecule has 0 aliphatic carbocycles. The molecule has 2 aromatic carbocycles. The SMILES string of the molecule is COc1ccc2nc(NC(=O)CSc3ccc(NC(=O)c4cccs4)cc3)sc2c1. The first kappa shape index (κ1) is 20.4. The summed E-state index contributed by atoms with van der Waals surface area (Å²) in [5.41, 5.74) is 1.54. The normalized spacial score (nSPS) is 10.7. The Balaban J connectivity index is 1.30. The number of benzene rings is 2. The Labute approximate surface area is 185 Å². The maximum Gasteiger partial charge on any atom is 0.265 e. The second-order valence-corrected chi connectivity index (χ2v) is 9.17. The Bertz CT molecular complexity index is 1170. The number of thiazole rings is 1. The number of hydrogen-bond donors (Lipinski definition) is 2. The number of methoxy groups -OCH3 is 1. The molecule has 0 radical (unpaired) electrons. The molecule has 0 aliphatic heterocycles. The van der Waals surface area contributed by atoms with Gasteiger partial charge in [-0.05, 0) is 53.9 Å². The summed E-state index contributed by atoms with van der Waals surface area (Å²) in [6.45, 7) is 0. The number of nitrogens with zero attached hydrogens (tertiary/aromatic N) is 1. The molecule has 6 nitrogen and oxygen atoms in total. The van der Waals surface area contributed by atoms with Crippen LogP contribution in [0.2, 0.25) is 0 Å². The van der Waals surface area contributed by atoms with Crippen LogP contribution in [0.5, 0.6) is 5.75 Å². The van der Waals surface area contributed by atoms with Crippen molar-refractivity contribution in [3.8, 4) is 5.75 Å². The molecule has 2 N–H and O–H groups in total. The molecule has 0 atom stereocenters. The highest BCUT2D eigenvalue weighted by atomic mass is 32.2. The van der Waals surface area contributed by atoms with Gasteiger partial charge in [0, 0.05) is 10.6 Å². The molecule has 2 amide bonds. The van der Waals surface area contributed by atoms with Crippen molar-refractivity contribution in [2.24, 2.45) is 0 Å². The second-order valence-electron chi connectivity index (χ2n) is 6.15. The quantitative estimate of drug-likeness (QED) is 0.367. The monoisotopic (exact) mass is 455 g/mol. The van der Waals surface area contributed by atoms with E-state index in [9.17, 15) is 9.59 Å². The van der Waals surface area contributed by atoms with Crippen LogP contribution in [0, 0.1) is 0 Å². The highest BCUT2D eigenvalue weighted by Gasteiger charge is 2.10. The molecule has 0 bridgehead atoms. The summed E-state index contributed by atoms with van der Waals surface area (Å²) in [6, 6.07) is 16.7. The number of hydrogen-bond acceptors (Lipinski definition) is 7. The van der Waals surface area contributed by atoms with Crippen LogP contribution >= 0.6 is 34.4 Å². The molecule has 2 aromatic heterocycles. The van der Waals surface area contributed by atoms with Gasteiger partial charge in [0.05, 0.1) is 28.0 Å². The number of amides is 2. The Hall–Kier alpha value is -2.88. The van der Waals surface area contributed by atoms with E-state index in [0.29, 0.717) is 15.7 Å². The van der Waals surface area contributed by atoms with E-state index in [-0.39, 0.29) is 17.6 Å². The molecule has 4 rings (SSSR count). The number of nitrogens with one attached hydrogen (secondary N) is 2. The number of ether oxygens (including phenoxy) is 1. The summed E-state index contributed by atoms with van der Waals surface area (Å²) in [5, 5.41) is 8.13. The summed E-state index contributed by atoms with van der Waals surface area (Å²) in [7, 11) is 1.62. The minimum atomic E-state index is -0.127. The fourth-order valence-corrected chi connectivity index (χ4v) is 4.85. The first-order chi connectivity index (χ1) is 14.6. The molecule has 4 aromatic rings. The van der Waals surface area contributed by atoms with Crippen LogP contribution in [-0.2, 0) is 4.79 Å². The topological polar surface area (TPSA) is 80.3 Å². The number of anilines is 2. The average molecular weight is 456 g/mol. The van der Waals surface area contributed by atoms with Gasteiger partial charge >= 0.3 is 0 Å². The van der Waals surface area contributed by atoms with Crippen LogP contribution < -0.4 is 15.4 Å². The molecule has 9 heteroatoms. The Morgan fingerprint density at radius 1 is 1.10 bits per heavy atom. The maximum atomic E-state index is 12.3. The molecule has 0 spiro atoms. The average Bonchev–Trinajstić information content (AvgIpc) is 3.42. The number of carbonyl (C=O) groups excluding carboxylic acids is 2. The predicted molar refractivity (Wildman–Crippen MR) is 124 cm³/mol. The van der Waals surface area contributed by atoms with Crippen molar-refractivity contribution in [2.75, 3.05) is 23.5 Å². The van der Waals surface area contributed by atoms with Gasteiger partial charge in [0.15, 0.2) is 5.13 Å². The lowest BCUT2D eigenvalue weighted by Gasteiger charge is -2.06. The number of fused-ring (bicyclic) bond motifs is 1. The van der Waals surface area contributed by atoms with E-state index in [2.05, 4.69) is 15.6 Å². The predicted octanol–water partition coefficient (Wildman–Crippen LogP) is 5.35. The van der Waals surface area contributed by atoms with Gasteiger partial charge in [-0.1, -0.05) is 17.4 Å². The molecule has 0 aliphatic rings. The smallest absolute Gasteiger partial charge is 0.265 e. The third-order valence-electron chi connectivity index (χ3n) is 4.07. The van der Waals surface area contributed by atoms with Gasteiger partial charge in [-0.25, -0.2) is 4.98 Å². The van der Waals surface area contributed by atoms with Crippen LogP contribution in [0.3, 0.4) is 0 Å². The molecular weight excluding hydrogens is 438 g/mol. The summed E-state index contributed by atoms with van der Waals surface area (Å²) >= 11 is 4.23. The van der Waals surface area contributed by atoms with Crippen molar-refractivity contribution in [1.29, 1.82) is 0 Å². The molecule has 0 saturated heterocycles. The van der Waals surface area contributed by atoms with E-state index < -0.39 is 0 Å². The lowest BCUT2D eigenvalue weighted by molar-refractivity contribution is -0.113. The summed E-state index contributed by atoms with van der Waals surface area (Å²) < 4.78 is 6.17. The van der Waals surface area contributed by atoms with Gasteiger partial charge in [-0.15, -0.1) is 23.1 Å². The minimum Gasteiger partial charge on any atom is -0.497 e. The van der Waals surface area contributed by atoms with Crippen molar-refractivity contribution in [3.63, 3.8) is 0 Å². The molecule has 0 saturated carbocycles. The first-order valence-electron chi connectivity index (χ1n) is 8.93. The third-order valence-corrected chi connectivity index (χ3v) is 6.88. The third kappa shape index (κ3) is 4.99. The van der Waals surface area contributed by atoms with Crippen molar-refractivity contribution < 1.29 is 14.3 Å². The van der Waals surface area contributed by atoms with Crippen molar-refractivity contribution in [2.45, 2.75) is 4.90 Å². The van der Waals surface area contributed by atoms with E-state index in [1.807, 2.05) is 53.9 Å².